The Balaban J connectivity index is 2.22. The van der Waals surface area contributed by atoms with Crippen LogP contribution in [0.2, 0.25) is 0 Å². The molecule has 8 heteroatoms. The Hall–Kier alpha value is -3.55. The largest absolute Gasteiger partial charge is 0.507 e. The minimum absolute atomic E-state index is 0.132. The normalized spacial score (nSPS) is 10.7. The molecule has 0 saturated carbocycles. The molecule has 29 heavy (non-hydrogen) atoms. The van der Waals surface area contributed by atoms with Gasteiger partial charge in [0.1, 0.15) is 5.75 Å². The number of aromatic hydroxyl groups is 1. The molecule has 3 rings (SSSR count). The van der Waals surface area contributed by atoms with Crippen molar-refractivity contribution in [3.63, 3.8) is 0 Å². The van der Waals surface area contributed by atoms with Crippen LogP contribution < -0.4 is 29.2 Å². The van der Waals surface area contributed by atoms with Crippen molar-refractivity contribution in [2.24, 2.45) is 0 Å². The average Bonchev–Trinajstić information content (AvgIpc) is 2.74. The summed E-state index contributed by atoms with van der Waals surface area (Å²) < 4.78 is 28.3. The highest BCUT2D eigenvalue weighted by atomic mass is 16.5. The molecule has 0 bridgehead atoms. The van der Waals surface area contributed by atoms with E-state index < -0.39 is 0 Å². The average molecular weight is 401 g/mol. The van der Waals surface area contributed by atoms with Crippen LogP contribution in [0.4, 0.5) is 0 Å². The highest BCUT2D eigenvalue weighted by Gasteiger charge is 2.17. The minimum atomic E-state index is -0.365. The predicted molar refractivity (Wildman–Crippen MR) is 108 cm³/mol. The number of rotatable bonds is 7. The SMILES string of the molecule is COc1cc2c(O)cc(=O)n(Cc3cc(OC)c(OC)c(OC)c3)c2cc1OC. The number of aromatic nitrogens is 1. The van der Waals surface area contributed by atoms with Crippen molar-refractivity contribution in [1.82, 2.24) is 4.57 Å². The number of pyridine rings is 1. The fourth-order valence-electron chi connectivity index (χ4n) is 3.26. The van der Waals surface area contributed by atoms with Crippen LogP contribution in [0.15, 0.2) is 35.1 Å². The van der Waals surface area contributed by atoms with Gasteiger partial charge in [0.2, 0.25) is 5.75 Å². The van der Waals surface area contributed by atoms with E-state index in [-0.39, 0.29) is 17.9 Å². The molecule has 0 fully saturated rings. The summed E-state index contributed by atoms with van der Waals surface area (Å²) in [6, 6.07) is 8.01. The summed E-state index contributed by atoms with van der Waals surface area (Å²) in [5.74, 6) is 2.20. The third kappa shape index (κ3) is 3.61. The Morgan fingerprint density at radius 1 is 0.759 bits per heavy atom. The van der Waals surface area contributed by atoms with Gasteiger partial charge in [0.05, 0.1) is 47.6 Å². The van der Waals surface area contributed by atoms with E-state index in [9.17, 15) is 9.90 Å². The van der Waals surface area contributed by atoms with Gasteiger partial charge in [-0.2, -0.15) is 0 Å². The number of nitrogens with zero attached hydrogens (tertiary/aromatic N) is 1. The van der Waals surface area contributed by atoms with Crippen LogP contribution in [0, 0.1) is 0 Å². The van der Waals surface area contributed by atoms with E-state index in [2.05, 4.69) is 0 Å². The second-order valence-electron chi connectivity index (χ2n) is 6.21. The summed E-state index contributed by atoms with van der Waals surface area (Å²) in [6.07, 6.45) is 0. The number of methoxy groups -OCH3 is 5. The molecule has 2 aromatic carbocycles. The van der Waals surface area contributed by atoms with Gasteiger partial charge in [0.25, 0.3) is 5.56 Å². The van der Waals surface area contributed by atoms with Gasteiger partial charge < -0.3 is 33.4 Å². The highest BCUT2D eigenvalue weighted by Crippen LogP contribution is 2.39. The molecular weight excluding hydrogens is 378 g/mol. The molecule has 0 atom stereocenters. The first kappa shape index (κ1) is 20.2. The maximum absolute atomic E-state index is 12.7. The second kappa shape index (κ2) is 8.22. The number of fused-ring (bicyclic) bond motifs is 1. The van der Waals surface area contributed by atoms with E-state index >= 15 is 0 Å². The molecule has 154 valence electrons. The molecule has 1 heterocycles. The lowest BCUT2D eigenvalue weighted by Crippen LogP contribution is -2.20. The lowest BCUT2D eigenvalue weighted by molar-refractivity contribution is 0.323. The molecule has 0 saturated heterocycles. The van der Waals surface area contributed by atoms with E-state index in [0.29, 0.717) is 39.7 Å². The van der Waals surface area contributed by atoms with Crippen molar-refractivity contribution in [1.29, 1.82) is 0 Å². The van der Waals surface area contributed by atoms with Crippen molar-refractivity contribution in [2.75, 3.05) is 35.5 Å². The van der Waals surface area contributed by atoms with Gasteiger partial charge in [-0.1, -0.05) is 0 Å². The number of hydrogen-bond acceptors (Lipinski definition) is 7. The Morgan fingerprint density at radius 3 is 1.83 bits per heavy atom. The van der Waals surface area contributed by atoms with Crippen LogP contribution >= 0.6 is 0 Å². The van der Waals surface area contributed by atoms with Crippen LogP contribution in [0.3, 0.4) is 0 Å². The van der Waals surface area contributed by atoms with Gasteiger partial charge >= 0.3 is 0 Å². The molecule has 0 aliphatic rings. The summed E-state index contributed by atoms with van der Waals surface area (Å²) in [4.78, 5) is 12.7. The molecule has 1 aromatic heterocycles. The third-order valence-corrected chi connectivity index (χ3v) is 4.66. The van der Waals surface area contributed by atoms with Crippen LogP contribution in [-0.2, 0) is 6.54 Å². The summed E-state index contributed by atoms with van der Waals surface area (Å²) in [5, 5.41) is 10.8. The maximum atomic E-state index is 12.7. The molecule has 8 nitrogen and oxygen atoms in total. The Kier molecular flexibility index (Phi) is 5.72. The van der Waals surface area contributed by atoms with Crippen molar-refractivity contribution in [2.45, 2.75) is 6.54 Å². The van der Waals surface area contributed by atoms with E-state index in [4.69, 9.17) is 23.7 Å². The lowest BCUT2D eigenvalue weighted by atomic mass is 10.1. The zero-order chi connectivity index (χ0) is 21.1. The number of benzene rings is 2. The summed E-state index contributed by atoms with van der Waals surface area (Å²) in [6.45, 7) is 0.210. The van der Waals surface area contributed by atoms with Gasteiger partial charge in [-0.05, 0) is 23.8 Å². The van der Waals surface area contributed by atoms with Crippen LogP contribution in [0.1, 0.15) is 5.56 Å². The molecule has 0 amide bonds. The van der Waals surface area contributed by atoms with E-state index in [1.54, 1.807) is 24.3 Å². The number of ether oxygens (including phenoxy) is 5. The summed E-state index contributed by atoms with van der Waals surface area (Å²) in [7, 11) is 7.60. The van der Waals surface area contributed by atoms with Gasteiger partial charge in [0.15, 0.2) is 23.0 Å². The molecule has 0 aliphatic heterocycles. The highest BCUT2D eigenvalue weighted by molar-refractivity contribution is 5.88. The van der Waals surface area contributed by atoms with Crippen molar-refractivity contribution in [3.8, 4) is 34.5 Å². The van der Waals surface area contributed by atoms with Gasteiger partial charge in [-0.3, -0.25) is 4.79 Å². The van der Waals surface area contributed by atoms with Gasteiger partial charge in [-0.15, -0.1) is 0 Å². The second-order valence-corrected chi connectivity index (χ2v) is 6.21. The zero-order valence-corrected chi connectivity index (χ0v) is 16.9. The van der Waals surface area contributed by atoms with E-state index in [1.807, 2.05) is 0 Å². The van der Waals surface area contributed by atoms with Crippen molar-refractivity contribution in [3.05, 3.63) is 46.2 Å². The van der Waals surface area contributed by atoms with Crippen LogP contribution in [0.5, 0.6) is 34.5 Å². The summed E-state index contributed by atoms with van der Waals surface area (Å²) in [5.41, 5.74) is 0.890. The van der Waals surface area contributed by atoms with Crippen LogP contribution in [-0.4, -0.2) is 45.2 Å². The topological polar surface area (TPSA) is 88.4 Å². The summed E-state index contributed by atoms with van der Waals surface area (Å²) >= 11 is 0. The zero-order valence-electron chi connectivity index (χ0n) is 16.9. The molecule has 0 aliphatic carbocycles. The maximum Gasteiger partial charge on any atom is 0.255 e. The van der Waals surface area contributed by atoms with E-state index in [0.717, 1.165) is 5.56 Å². The Morgan fingerprint density at radius 2 is 1.31 bits per heavy atom. The molecule has 0 radical (unpaired) electrons. The van der Waals surface area contributed by atoms with Crippen molar-refractivity contribution >= 4 is 10.9 Å². The standard InChI is InChI=1S/C21H23NO7/c1-25-16-8-13-14(9-17(16)26-2)22(20(24)10-15(13)23)11-12-6-18(27-3)21(29-5)19(7-12)28-4/h6-10,23H,11H2,1-5H3. The van der Waals surface area contributed by atoms with Crippen molar-refractivity contribution < 1.29 is 28.8 Å². The van der Waals surface area contributed by atoms with E-state index in [1.165, 1.54) is 46.2 Å². The van der Waals surface area contributed by atoms with Crippen LogP contribution in [0.25, 0.3) is 10.9 Å². The van der Waals surface area contributed by atoms with Gasteiger partial charge in [0, 0.05) is 17.5 Å². The first-order valence-electron chi connectivity index (χ1n) is 8.74. The lowest BCUT2D eigenvalue weighted by Gasteiger charge is -2.17. The Labute approximate surface area is 167 Å². The molecule has 0 spiro atoms. The quantitative estimate of drug-likeness (QED) is 0.651. The fraction of sp³-hybridized carbons (Fsp3) is 0.286. The monoisotopic (exact) mass is 401 g/mol. The van der Waals surface area contributed by atoms with Gasteiger partial charge in [-0.25, -0.2) is 0 Å². The predicted octanol–water partition coefficient (Wildman–Crippen LogP) is 2.80. The fourth-order valence-corrected chi connectivity index (χ4v) is 3.26. The smallest absolute Gasteiger partial charge is 0.255 e. The first-order chi connectivity index (χ1) is 14.0. The first-order valence-corrected chi connectivity index (χ1v) is 8.74. The molecule has 3 aromatic rings. The Bertz CT molecular complexity index is 1080. The molecule has 0 unspecified atom stereocenters. The minimum Gasteiger partial charge on any atom is -0.507 e. The number of hydrogen-bond donors (Lipinski definition) is 1. The molecular formula is C21H23NO7. The molecule has 1 N–H and O–H groups in total. The third-order valence-electron chi connectivity index (χ3n) is 4.66.